The number of nitrogens with zero attached hydrogens (tertiary/aromatic N) is 1. The van der Waals surface area contributed by atoms with Gasteiger partial charge in [0.25, 0.3) is 21.2 Å². The van der Waals surface area contributed by atoms with Gasteiger partial charge in [-0.1, -0.05) is 0 Å². The van der Waals surface area contributed by atoms with Crippen LogP contribution in [0.3, 0.4) is 0 Å². The zero-order chi connectivity index (χ0) is 22.7. The van der Waals surface area contributed by atoms with Crippen molar-refractivity contribution >= 4 is 15.6 Å². The number of hydrogen-bond acceptors (Lipinski definition) is 14. The highest BCUT2D eigenvalue weighted by Crippen LogP contribution is 2.55. The van der Waals surface area contributed by atoms with Crippen molar-refractivity contribution in [2.24, 2.45) is 0 Å². The SMILES string of the molecule is O=c1ccn([C@@H]2O[C@H](COP(=O)([O-])OP(=O)([O-])OCC(O)CO)[C@@H](O)[C@H]2O)c(=O)[nH]1. The second kappa shape index (κ2) is 9.91. The minimum atomic E-state index is -5.57. The maximum Gasteiger partial charge on any atom is 0.330 e. The Balaban J connectivity index is 1.99. The number of phosphoric acid groups is 2. The molecule has 7 atom stereocenters. The van der Waals surface area contributed by atoms with Gasteiger partial charge in [0.15, 0.2) is 6.23 Å². The topological polar surface area (TPSA) is 253 Å². The normalized spacial score (nSPS) is 29.3. The summed E-state index contributed by atoms with van der Waals surface area (Å²) in [7, 11) is -11.1. The van der Waals surface area contributed by atoms with E-state index in [0.717, 1.165) is 16.8 Å². The highest BCUT2D eigenvalue weighted by molar-refractivity contribution is 7.59. The van der Waals surface area contributed by atoms with E-state index in [2.05, 4.69) is 13.4 Å². The monoisotopic (exact) mass is 476 g/mol. The van der Waals surface area contributed by atoms with Crippen molar-refractivity contribution in [2.75, 3.05) is 19.8 Å². The van der Waals surface area contributed by atoms with Gasteiger partial charge in [0.1, 0.15) is 24.4 Å². The zero-order valence-corrected chi connectivity index (χ0v) is 16.7. The molecule has 1 aromatic rings. The van der Waals surface area contributed by atoms with E-state index in [1.807, 2.05) is 4.98 Å². The molecule has 0 bridgehead atoms. The molecule has 0 aromatic carbocycles. The first kappa shape index (κ1) is 25.0. The van der Waals surface area contributed by atoms with E-state index in [0.29, 0.717) is 0 Å². The molecule has 2 rings (SSSR count). The van der Waals surface area contributed by atoms with Crippen LogP contribution < -0.4 is 21.0 Å². The molecule has 1 aliphatic rings. The van der Waals surface area contributed by atoms with Crippen molar-refractivity contribution in [3.8, 4) is 0 Å². The van der Waals surface area contributed by atoms with Crippen LogP contribution in [0.1, 0.15) is 6.23 Å². The smallest absolute Gasteiger partial charge is 0.330 e. The van der Waals surface area contributed by atoms with Crippen LogP contribution in [0, 0.1) is 0 Å². The Hall–Kier alpha value is -1.26. The van der Waals surface area contributed by atoms with Crippen LogP contribution in [0.4, 0.5) is 0 Å². The van der Waals surface area contributed by atoms with Gasteiger partial charge in [0.05, 0.1) is 19.8 Å². The average Bonchev–Trinajstić information content (AvgIpc) is 2.92. The van der Waals surface area contributed by atoms with Gasteiger partial charge < -0.3 is 44.0 Å². The molecular weight excluding hydrogens is 458 g/mol. The molecule has 0 aliphatic carbocycles. The Labute approximate surface area is 167 Å². The van der Waals surface area contributed by atoms with E-state index in [-0.39, 0.29) is 0 Å². The standard InChI is InChI=1S/C12H20N2O14P2/c15-3-6(16)4-25-29(21,22)28-30(23,24)26-5-7-9(18)10(19)11(27-7)14-2-1-8(17)13-12(14)20/h1-2,6-7,9-11,15-16,18-19H,3-5H2,(H,21,22)(H,23,24)(H,13,17,20)/p-2/t6?,7-,9-,10-,11-/m1/s1. The van der Waals surface area contributed by atoms with Crippen molar-refractivity contribution < 1.29 is 57.4 Å². The van der Waals surface area contributed by atoms with E-state index < -0.39 is 77.4 Å². The number of rotatable bonds is 10. The summed E-state index contributed by atoms with van der Waals surface area (Å²) in [5, 5.41) is 37.5. The summed E-state index contributed by atoms with van der Waals surface area (Å²) in [6.07, 6.45) is -7.19. The van der Waals surface area contributed by atoms with Crippen molar-refractivity contribution in [1.82, 2.24) is 9.55 Å². The first-order valence-electron chi connectivity index (χ1n) is 8.10. The molecule has 1 aromatic heterocycles. The lowest BCUT2D eigenvalue weighted by molar-refractivity contribution is -0.246. The molecule has 1 fully saturated rings. The van der Waals surface area contributed by atoms with Gasteiger partial charge in [-0.25, -0.2) is 9.11 Å². The summed E-state index contributed by atoms with van der Waals surface area (Å²) in [5.74, 6) is 0. The predicted octanol–water partition coefficient (Wildman–Crippen LogP) is -4.50. The molecule has 1 saturated heterocycles. The van der Waals surface area contributed by atoms with Gasteiger partial charge in [-0.3, -0.25) is 23.5 Å². The zero-order valence-electron chi connectivity index (χ0n) is 14.9. The van der Waals surface area contributed by atoms with Crippen molar-refractivity contribution in [1.29, 1.82) is 0 Å². The van der Waals surface area contributed by atoms with E-state index in [4.69, 9.17) is 14.9 Å². The van der Waals surface area contributed by atoms with E-state index in [1.54, 1.807) is 0 Å². The summed E-state index contributed by atoms with van der Waals surface area (Å²) < 4.78 is 41.1. The highest BCUT2D eigenvalue weighted by Gasteiger charge is 2.44. The third-order valence-electron chi connectivity index (χ3n) is 3.70. The summed E-state index contributed by atoms with van der Waals surface area (Å²) in [4.78, 5) is 47.9. The molecule has 0 saturated carbocycles. The Bertz CT molecular complexity index is 932. The highest BCUT2D eigenvalue weighted by atomic mass is 31.3. The third-order valence-corrected chi connectivity index (χ3v) is 6.23. The minimum absolute atomic E-state index is 0.731. The maximum atomic E-state index is 11.8. The fourth-order valence-electron chi connectivity index (χ4n) is 2.29. The summed E-state index contributed by atoms with van der Waals surface area (Å²) in [6, 6.07) is 0.937. The molecular formula is C12H18N2O14P2-2. The van der Waals surface area contributed by atoms with E-state index in [1.165, 1.54) is 0 Å². The number of nitrogens with one attached hydrogen (secondary N) is 1. The Morgan fingerprint density at radius 3 is 2.43 bits per heavy atom. The number of aromatic amines is 1. The maximum absolute atomic E-state index is 11.8. The number of ether oxygens (including phenoxy) is 1. The van der Waals surface area contributed by atoms with Crippen molar-refractivity contribution in [3.63, 3.8) is 0 Å². The Morgan fingerprint density at radius 2 is 1.83 bits per heavy atom. The minimum Gasteiger partial charge on any atom is -0.756 e. The number of phosphoric ester groups is 2. The molecule has 5 N–H and O–H groups in total. The Kier molecular flexibility index (Phi) is 8.26. The molecule has 0 radical (unpaired) electrons. The van der Waals surface area contributed by atoms with E-state index in [9.17, 15) is 38.7 Å². The Morgan fingerprint density at radius 1 is 1.20 bits per heavy atom. The lowest BCUT2D eigenvalue weighted by Gasteiger charge is -2.31. The predicted molar refractivity (Wildman–Crippen MR) is 88.5 cm³/mol. The fourth-order valence-corrected chi connectivity index (χ4v) is 4.33. The molecule has 30 heavy (non-hydrogen) atoms. The van der Waals surface area contributed by atoms with Crippen molar-refractivity contribution in [3.05, 3.63) is 33.1 Å². The molecule has 18 heteroatoms. The quantitative estimate of drug-likeness (QED) is 0.200. The van der Waals surface area contributed by atoms with Gasteiger partial charge in [-0.05, 0) is 0 Å². The van der Waals surface area contributed by atoms with E-state index >= 15 is 0 Å². The lowest BCUT2D eigenvalue weighted by Crippen LogP contribution is -2.37. The van der Waals surface area contributed by atoms with Crippen LogP contribution in [0.5, 0.6) is 0 Å². The van der Waals surface area contributed by atoms with Gasteiger partial charge in [-0.15, -0.1) is 0 Å². The first-order chi connectivity index (χ1) is 13.8. The molecule has 0 amide bonds. The average molecular weight is 476 g/mol. The molecule has 3 unspecified atom stereocenters. The summed E-state index contributed by atoms with van der Waals surface area (Å²) in [5.41, 5.74) is -1.71. The van der Waals surface area contributed by atoms with Gasteiger partial charge in [0, 0.05) is 12.3 Å². The first-order valence-corrected chi connectivity index (χ1v) is 11.0. The van der Waals surface area contributed by atoms with Crippen LogP contribution in [0.15, 0.2) is 21.9 Å². The number of hydrogen-bond donors (Lipinski definition) is 5. The third kappa shape index (κ3) is 6.62. The molecule has 2 heterocycles. The fraction of sp³-hybridized carbons (Fsp3) is 0.667. The lowest BCUT2D eigenvalue weighted by atomic mass is 10.1. The van der Waals surface area contributed by atoms with Crippen LogP contribution in [0.25, 0.3) is 0 Å². The van der Waals surface area contributed by atoms with Crippen LogP contribution in [-0.4, -0.2) is 74.2 Å². The number of aliphatic hydroxyl groups is 4. The number of aliphatic hydroxyl groups excluding tert-OH is 4. The van der Waals surface area contributed by atoms with Gasteiger partial charge in [0.2, 0.25) is 0 Å². The second-order valence-corrected chi connectivity index (χ2v) is 8.93. The summed E-state index contributed by atoms with van der Waals surface area (Å²) in [6.45, 7) is -2.86. The number of H-pyrrole nitrogens is 1. The largest absolute Gasteiger partial charge is 0.756 e. The molecule has 16 nitrogen and oxygen atoms in total. The molecule has 172 valence electrons. The number of aromatic nitrogens is 2. The molecule has 0 spiro atoms. The van der Waals surface area contributed by atoms with Gasteiger partial charge >= 0.3 is 5.69 Å². The summed E-state index contributed by atoms with van der Waals surface area (Å²) >= 11 is 0. The molecule has 1 aliphatic heterocycles. The van der Waals surface area contributed by atoms with Crippen LogP contribution in [-0.2, 0) is 27.2 Å². The van der Waals surface area contributed by atoms with Crippen molar-refractivity contribution in [2.45, 2.75) is 30.6 Å². The second-order valence-electron chi connectivity index (χ2n) is 5.97. The van der Waals surface area contributed by atoms with Crippen LogP contribution >= 0.6 is 15.6 Å². The van der Waals surface area contributed by atoms with Gasteiger partial charge in [-0.2, -0.15) is 0 Å². The van der Waals surface area contributed by atoms with Crippen LogP contribution in [0.2, 0.25) is 0 Å².